The second-order valence-corrected chi connectivity index (χ2v) is 7.01. The number of nitrogens with one attached hydrogen (secondary N) is 3. The van der Waals surface area contributed by atoms with Crippen LogP contribution in [0.25, 0.3) is 0 Å². The lowest BCUT2D eigenvalue weighted by Gasteiger charge is -2.09. The summed E-state index contributed by atoms with van der Waals surface area (Å²) in [5.41, 5.74) is 5.73. The van der Waals surface area contributed by atoms with Crippen LogP contribution in [0.1, 0.15) is 23.1 Å². The maximum atomic E-state index is 12.1. The molecule has 3 amide bonds. The van der Waals surface area contributed by atoms with Crippen LogP contribution in [-0.4, -0.2) is 50.8 Å². The number of hydrogen-bond acceptors (Lipinski definition) is 6. The SMILES string of the molecule is COCCCNC(=O)C(=O)N/N=C\c1cccc(OCC(=O)Nc2ccc(C)c(C)c2)c1. The molecule has 0 spiro atoms. The summed E-state index contributed by atoms with van der Waals surface area (Å²) < 4.78 is 10.4. The van der Waals surface area contributed by atoms with E-state index < -0.39 is 11.8 Å². The lowest BCUT2D eigenvalue weighted by Crippen LogP contribution is -2.38. The summed E-state index contributed by atoms with van der Waals surface area (Å²) in [7, 11) is 1.56. The summed E-state index contributed by atoms with van der Waals surface area (Å²) >= 11 is 0. The quantitative estimate of drug-likeness (QED) is 0.226. The van der Waals surface area contributed by atoms with E-state index in [1.807, 2.05) is 32.0 Å². The third kappa shape index (κ3) is 8.57. The third-order valence-corrected chi connectivity index (χ3v) is 4.42. The Morgan fingerprint density at radius 3 is 2.59 bits per heavy atom. The molecule has 0 saturated heterocycles. The van der Waals surface area contributed by atoms with Crippen LogP contribution in [-0.2, 0) is 19.1 Å². The Bertz CT molecular complexity index is 975. The molecular weight excluding hydrogens is 412 g/mol. The lowest BCUT2D eigenvalue weighted by atomic mass is 10.1. The first-order valence-corrected chi connectivity index (χ1v) is 10.1. The molecule has 0 bridgehead atoms. The summed E-state index contributed by atoms with van der Waals surface area (Å²) in [6.07, 6.45) is 1.98. The van der Waals surface area contributed by atoms with Crippen LogP contribution in [0.15, 0.2) is 47.6 Å². The summed E-state index contributed by atoms with van der Waals surface area (Å²) in [4.78, 5) is 35.5. The Morgan fingerprint density at radius 2 is 1.84 bits per heavy atom. The summed E-state index contributed by atoms with van der Waals surface area (Å²) in [5, 5.41) is 9.02. The Balaban J connectivity index is 1.79. The molecule has 0 fully saturated rings. The molecule has 0 radical (unpaired) electrons. The number of ether oxygens (including phenoxy) is 2. The first kappa shape index (κ1) is 24.5. The smallest absolute Gasteiger partial charge is 0.329 e. The molecule has 9 nitrogen and oxygen atoms in total. The van der Waals surface area contributed by atoms with Crippen molar-refractivity contribution in [3.05, 3.63) is 59.2 Å². The van der Waals surface area contributed by atoms with E-state index in [9.17, 15) is 14.4 Å². The van der Waals surface area contributed by atoms with Crippen molar-refractivity contribution < 1.29 is 23.9 Å². The van der Waals surface area contributed by atoms with Crippen molar-refractivity contribution in [3.63, 3.8) is 0 Å². The maximum absolute atomic E-state index is 12.1. The van der Waals surface area contributed by atoms with E-state index in [4.69, 9.17) is 9.47 Å². The normalized spacial score (nSPS) is 10.6. The zero-order chi connectivity index (χ0) is 23.3. The van der Waals surface area contributed by atoms with Gasteiger partial charge in [0, 0.05) is 25.9 Å². The number of methoxy groups -OCH3 is 1. The first-order chi connectivity index (χ1) is 15.4. The fraction of sp³-hybridized carbons (Fsp3) is 0.304. The van der Waals surface area contributed by atoms with Gasteiger partial charge in [0.05, 0.1) is 6.21 Å². The van der Waals surface area contributed by atoms with Gasteiger partial charge in [-0.05, 0) is 61.2 Å². The number of aryl methyl sites for hydroxylation is 2. The summed E-state index contributed by atoms with van der Waals surface area (Å²) in [6.45, 7) is 4.65. The zero-order valence-electron chi connectivity index (χ0n) is 18.4. The van der Waals surface area contributed by atoms with Crippen LogP contribution < -0.4 is 20.8 Å². The van der Waals surface area contributed by atoms with Gasteiger partial charge < -0.3 is 20.1 Å². The molecule has 0 aliphatic carbocycles. The lowest BCUT2D eigenvalue weighted by molar-refractivity contribution is -0.139. The number of hydrogen-bond donors (Lipinski definition) is 3. The predicted octanol–water partition coefficient (Wildman–Crippen LogP) is 1.92. The largest absolute Gasteiger partial charge is 0.484 e. The third-order valence-electron chi connectivity index (χ3n) is 4.42. The van der Waals surface area contributed by atoms with E-state index in [1.54, 1.807) is 31.4 Å². The molecule has 0 heterocycles. The van der Waals surface area contributed by atoms with E-state index in [-0.39, 0.29) is 12.5 Å². The highest BCUT2D eigenvalue weighted by Crippen LogP contribution is 2.15. The topological polar surface area (TPSA) is 118 Å². The number of rotatable bonds is 10. The number of benzene rings is 2. The molecule has 0 aliphatic heterocycles. The molecule has 2 aromatic carbocycles. The van der Waals surface area contributed by atoms with Crippen molar-refractivity contribution in [3.8, 4) is 5.75 Å². The fourth-order valence-electron chi connectivity index (χ4n) is 2.56. The average molecular weight is 441 g/mol. The minimum Gasteiger partial charge on any atom is -0.484 e. The van der Waals surface area contributed by atoms with E-state index in [0.717, 1.165) is 11.1 Å². The molecular formula is C23H28N4O5. The highest BCUT2D eigenvalue weighted by molar-refractivity contribution is 6.35. The van der Waals surface area contributed by atoms with Gasteiger partial charge in [-0.3, -0.25) is 14.4 Å². The van der Waals surface area contributed by atoms with Gasteiger partial charge in [-0.25, -0.2) is 5.43 Å². The van der Waals surface area contributed by atoms with Crippen molar-refractivity contribution in [2.75, 3.05) is 32.2 Å². The second-order valence-electron chi connectivity index (χ2n) is 7.01. The van der Waals surface area contributed by atoms with Gasteiger partial charge in [0.25, 0.3) is 5.91 Å². The van der Waals surface area contributed by atoms with E-state index in [0.29, 0.717) is 36.6 Å². The first-order valence-electron chi connectivity index (χ1n) is 10.1. The van der Waals surface area contributed by atoms with Crippen molar-refractivity contribution >= 4 is 29.6 Å². The highest BCUT2D eigenvalue weighted by atomic mass is 16.5. The number of nitrogens with zero attached hydrogens (tertiary/aromatic N) is 1. The number of hydrazone groups is 1. The van der Waals surface area contributed by atoms with Gasteiger partial charge in [-0.2, -0.15) is 5.10 Å². The summed E-state index contributed by atoms with van der Waals surface area (Å²) in [5.74, 6) is -1.46. The van der Waals surface area contributed by atoms with Gasteiger partial charge in [-0.15, -0.1) is 0 Å². The fourth-order valence-corrected chi connectivity index (χ4v) is 2.56. The minimum atomic E-state index is -0.867. The van der Waals surface area contributed by atoms with Crippen LogP contribution in [0.5, 0.6) is 5.75 Å². The predicted molar refractivity (Wildman–Crippen MR) is 122 cm³/mol. The molecule has 3 N–H and O–H groups in total. The molecule has 0 aromatic heterocycles. The van der Waals surface area contributed by atoms with Crippen LogP contribution in [0.4, 0.5) is 5.69 Å². The molecule has 170 valence electrons. The summed E-state index contributed by atoms with van der Waals surface area (Å²) in [6, 6.07) is 12.5. The van der Waals surface area contributed by atoms with Gasteiger partial charge in [0.15, 0.2) is 6.61 Å². The van der Waals surface area contributed by atoms with Crippen LogP contribution in [0, 0.1) is 13.8 Å². The number of carbonyl (C=O) groups excluding carboxylic acids is 3. The Kier molecular flexibility index (Phi) is 9.86. The highest BCUT2D eigenvalue weighted by Gasteiger charge is 2.11. The monoisotopic (exact) mass is 440 g/mol. The average Bonchev–Trinajstić information content (AvgIpc) is 2.78. The van der Waals surface area contributed by atoms with Crippen LogP contribution in [0.2, 0.25) is 0 Å². The van der Waals surface area contributed by atoms with Crippen molar-refractivity contribution in [2.45, 2.75) is 20.3 Å². The molecule has 0 atom stereocenters. The van der Waals surface area contributed by atoms with Crippen LogP contribution in [0.3, 0.4) is 0 Å². The van der Waals surface area contributed by atoms with Gasteiger partial charge in [-0.1, -0.05) is 18.2 Å². The number of carbonyl (C=O) groups is 3. The van der Waals surface area contributed by atoms with E-state index in [2.05, 4.69) is 21.2 Å². The van der Waals surface area contributed by atoms with Crippen molar-refractivity contribution in [2.24, 2.45) is 5.10 Å². The number of amides is 3. The molecule has 0 aliphatic rings. The Hall–Kier alpha value is -3.72. The minimum absolute atomic E-state index is 0.159. The van der Waals surface area contributed by atoms with Crippen molar-refractivity contribution in [1.29, 1.82) is 0 Å². The molecule has 2 rings (SSSR count). The molecule has 0 unspecified atom stereocenters. The molecule has 2 aromatic rings. The molecule has 32 heavy (non-hydrogen) atoms. The van der Waals surface area contributed by atoms with E-state index >= 15 is 0 Å². The standard InChI is InChI=1S/C23H28N4O5/c1-16-8-9-19(12-17(16)2)26-21(28)15-32-20-7-4-6-18(13-20)14-25-27-23(30)22(29)24-10-5-11-31-3/h4,6-9,12-14H,5,10-11,15H2,1-3H3,(H,24,29)(H,26,28)(H,27,30)/b25-14-. The van der Waals surface area contributed by atoms with Gasteiger partial charge >= 0.3 is 11.8 Å². The van der Waals surface area contributed by atoms with Gasteiger partial charge in [0.2, 0.25) is 0 Å². The Morgan fingerprint density at radius 1 is 1.03 bits per heavy atom. The van der Waals surface area contributed by atoms with Crippen molar-refractivity contribution in [1.82, 2.24) is 10.7 Å². The van der Waals surface area contributed by atoms with Gasteiger partial charge in [0.1, 0.15) is 5.75 Å². The van der Waals surface area contributed by atoms with Crippen LogP contribution >= 0.6 is 0 Å². The zero-order valence-corrected chi connectivity index (χ0v) is 18.4. The van der Waals surface area contributed by atoms with E-state index in [1.165, 1.54) is 6.21 Å². The maximum Gasteiger partial charge on any atom is 0.329 e. The number of anilines is 1. The molecule has 9 heteroatoms. The molecule has 0 saturated carbocycles. The second kappa shape index (κ2) is 12.9. The Labute approximate surface area is 187 Å².